The van der Waals surface area contributed by atoms with Gasteiger partial charge in [-0.1, -0.05) is 23.2 Å². The van der Waals surface area contributed by atoms with Crippen molar-refractivity contribution in [2.75, 3.05) is 5.32 Å². The third kappa shape index (κ3) is 3.75. The summed E-state index contributed by atoms with van der Waals surface area (Å²) in [6.45, 7) is 0. The lowest BCUT2D eigenvalue weighted by atomic mass is 10.1. The molecule has 29 heavy (non-hydrogen) atoms. The number of hydrogen-bond donors (Lipinski definition) is 1. The molecule has 2 heterocycles. The number of aromatic nitrogens is 2. The van der Waals surface area contributed by atoms with Crippen molar-refractivity contribution in [1.29, 1.82) is 0 Å². The molecule has 0 aliphatic heterocycles. The van der Waals surface area contributed by atoms with Gasteiger partial charge >= 0.3 is 0 Å². The van der Waals surface area contributed by atoms with Crippen LogP contribution in [-0.2, 0) is 0 Å². The maximum Gasteiger partial charge on any atom is 0.288 e. The molecule has 0 saturated heterocycles. The number of amides is 1. The zero-order valence-electron chi connectivity index (χ0n) is 14.4. The van der Waals surface area contributed by atoms with Crippen molar-refractivity contribution in [3.63, 3.8) is 0 Å². The zero-order valence-corrected chi connectivity index (χ0v) is 15.9. The van der Waals surface area contributed by atoms with Crippen LogP contribution in [0, 0.1) is 10.1 Å². The van der Waals surface area contributed by atoms with Gasteiger partial charge in [0.25, 0.3) is 11.6 Å². The zero-order chi connectivity index (χ0) is 20.5. The summed E-state index contributed by atoms with van der Waals surface area (Å²) in [4.78, 5) is 31.3. The fourth-order valence-electron chi connectivity index (χ4n) is 2.65. The van der Waals surface area contributed by atoms with Crippen molar-refractivity contribution in [2.45, 2.75) is 0 Å². The molecule has 0 fully saturated rings. The topological polar surface area (TPSA) is 111 Å². The standard InChI is InChI=1S/C19H10Cl2N4O4/c20-13-6-4-11(9-12(13)19-24-17-16(29-19)2-1-7-22-17)23-18(26)10-3-5-14(21)15(8-10)25(27)28/h1-9H,(H,23,26). The van der Waals surface area contributed by atoms with Crippen LogP contribution in [0.5, 0.6) is 0 Å². The Balaban J connectivity index is 1.65. The average molecular weight is 429 g/mol. The van der Waals surface area contributed by atoms with E-state index in [4.69, 9.17) is 27.6 Å². The Morgan fingerprint density at radius 1 is 1.10 bits per heavy atom. The van der Waals surface area contributed by atoms with Crippen molar-refractivity contribution in [3.8, 4) is 11.5 Å². The summed E-state index contributed by atoms with van der Waals surface area (Å²) < 4.78 is 5.67. The molecule has 0 saturated carbocycles. The van der Waals surface area contributed by atoms with Gasteiger partial charge in [-0.3, -0.25) is 14.9 Å². The van der Waals surface area contributed by atoms with Crippen molar-refractivity contribution in [3.05, 3.63) is 80.5 Å². The van der Waals surface area contributed by atoms with E-state index < -0.39 is 10.8 Å². The first-order valence-corrected chi connectivity index (χ1v) is 8.95. The summed E-state index contributed by atoms with van der Waals surface area (Å²) >= 11 is 12.0. The van der Waals surface area contributed by atoms with E-state index >= 15 is 0 Å². The molecular formula is C19H10Cl2N4O4. The van der Waals surface area contributed by atoms with E-state index in [1.54, 1.807) is 36.5 Å². The monoisotopic (exact) mass is 428 g/mol. The van der Waals surface area contributed by atoms with E-state index in [1.165, 1.54) is 12.1 Å². The minimum absolute atomic E-state index is 0.0510. The lowest BCUT2D eigenvalue weighted by Crippen LogP contribution is -2.12. The Morgan fingerprint density at radius 3 is 2.66 bits per heavy atom. The minimum Gasteiger partial charge on any atom is -0.434 e. The molecule has 0 radical (unpaired) electrons. The molecule has 0 bridgehead atoms. The van der Waals surface area contributed by atoms with Crippen LogP contribution in [0.2, 0.25) is 10.0 Å². The van der Waals surface area contributed by atoms with Crippen molar-refractivity contribution < 1.29 is 14.1 Å². The van der Waals surface area contributed by atoms with Gasteiger partial charge in [-0.2, -0.15) is 4.98 Å². The largest absolute Gasteiger partial charge is 0.434 e. The number of pyridine rings is 1. The molecule has 144 valence electrons. The number of carbonyl (C=O) groups is 1. The summed E-state index contributed by atoms with van der Waals surface area (Å²) in [6, 6.07) is 12.0. The third-order valence-corrected chi connectivity index (χ3v) is 4.67. The second-order valence-electron chi connectivity index (χ2n) is 5.92. The van der Waals surface area contributed by atoms with Crippen LogP contribution in [0.25, 0.3) is 22.7 Å². The van der Waals surface area contributed by atoms with Crippen LogP contribution in [0.4, 0.5) is 11.4 Å². The number of oxazole rings is 1. The highest BCUT2D eigenvalue weighted by Crippen LogP contribution is 2.32. The number of benzene rings is 2. The number of nitrogens with one attached hydrogen (secondary N) is 1. The highest BCUT2D eigenvalue weighted by molar-refractivity contribution is 6.33. The van der Waals surface area contributed by atoms with Gasteiger partial charge in [0.2, 0.25) is 5.89 Å². The van der Waals surface area contributed by atoms with Crippen LogP contribution >= 0.6 is 23.2 Å². The molecule has 4 aromatic rings. The van der Waals surface area contributed by atoms with Crippen LogP contribution in [0.15, 0.2) is 59.1 Å². The van der Waals surface area contributed by atoms with Gasteiger partial charge in [-0.15, -0.1) is 0 Å². The molecular weight excluding hydrogens is 419 g/mol. The number of nitro benzene ring substituents is 1. The van der Waals surface area contributed by atoms with E-state index in [2.05, 4.69) is 15.3 Å². The van der Waals surface area contributed by atoms with Gasteiger partial charge in [0.15, 0.2) is 11.2 Å². The van der Waals surface area contributed by atoms with E-state index in [1.807, 2.05) is 0 Å². The van der Waals surface area contributed by atoms with Crippen LogP contribution in [-0.4, -0.2) is 20.8 Å². The molecule has 0 aliphatic rings. The lowest BCUT2D eigenvalue weighted by Gasteiger charge is -2.08. The summed E-state index contributed by atoms with van der Waals surface area (Å²) in [5.41, 5.74) is 1.54. The summed E-state index contributed by atoms with van der Waals surface area (Å²) in [5, 5.41) is 14.0. The van der Waals surface area contributed by atoms with Crippen molar-refractivity contribution in [1.82, 2.24) is 9.97 Å². The molecule has 1 amide bonds. The van der Waals surface area contributed by atoms with E-state index in [0.717, 1.165) is 6.07 Å². The first kappa shape index (κ1) is 18.9. The molecule has 2 aromatic carbocycles. The van der Waals surface area contributed by atoms with Gasteiger partial charge in [0.05, 0.1) is 15.5 Å². The minimum atomic E-state index is -0.652. The van der Waals surface area contributed by atoms with Gasteiger partial charge in [0, 0.05) is 23.5 Å². The molecule has 0 spiro atoms. The molecule has 0 aliphatic carbocycles. The van der Waals surface area contributed by atoms with E-state index in [9.17, 15) is 14.9 Å². The first-order valence-electron chi connectivity index (χ1n) is 8.19. The van der Waals surface area contributed by atoms with Gasteiger partial charge < -0.3 is 9.73 Å². The first-order chi connectivity index (χ1) is 13.9. The Bertz CT molecular complexity index is 1240. The fourth-order valence-corrected chi connectivity index (χ4v) is 3.03. The van der Waals surface area contributed by atoms with Gasteiger partial charge in [-0.25, -0.2) is 4.98 Å². The van der Waals surface area contributed by atoms with E-state index in [0.29, 0.717) is 27.5 Å². The smallest absolute Gasteiger partial charge is 0.288 e. The third-order valence-electron chi connectivity index (χ3n) is 4.02. The number of rotatable bonds is 4. The number of halogens is 2. The maximum absolute atomic E-state index is 12.5. The predicted molar refractivity (Wildman–Crippen MR) is 108 cm³/mol. The summed E-state index contributed by atoms with van der Waals surface area (Å²) in [7, 11) is 0. The number of nitro groups is 1. The second-order valence-corrected chi connectivity index (χ2v) is 6.73. The Hall–Kier alpha value is -3.49. The SMILES string of the molecule is O=C(Nc1ccc(Cl)c(-c2nc3ncccc3o2)c1)c1ccc(Cl)c([N+](=O)[O-])c1. The summed E-state index contributed by atoms with van der Waals surface area (Å²) in [6.07, 6.45) is 1.60. The molecule has 10 heteroatoms. The van der Waals surface area contributed by atoms with Gasteiger partial charge in [0.1, 0.15) is 5.02 Å². The number of carbonyl (C=O) groups excluding carboxylic acids is 1. The van der Waals surface area contributed by atoms with Crippen LogP contribution in [0.1, 0.15) is 10.4 Å². The Morgan fingerprint density at radius 2 is 1.90 bits per heavy atom. The fraction of sp³-hybridized carbons (Fsp3) is 0. The number of anilines is 1. The molecule has 0 atom stereocenters. The molecule has 0 unspecified atom stereocenters. The number of fused-ring (bicyclic) bond motifs is 1. The molecule has 8 nitrogen and oxygen atoms in total. The highest BCUT2D eigenvalue weighted by atomic mass is 35.5. The lowest BCUT2D eigenvalue weighted by molar-refractivity contribution is -0.384. The van der Waals surface area contributed by atoms with Crippen molar-refractivity contribution in [2.24, 2.45) is 0 Å². The van der Waals surface area contributed by atoms with Crippen molar-refractivity contribution >= 4 is 51.7 Å². The molecule has 4 rings (SSSR count). The van der Waals surface area contributed by atoms with E-state index in [-0.39, 0.29) is 22.2 Å². The van der Waals surface area contributed by atoms with Crippen LogP contribution < -0.4 is 5.32 Å². The summed E-state index contributed by atoms with van der Waals surface area (Å²) in [5.74, 6) is -0.292. The maximum atomic E-state index is 12.5. The highest BCUT2D eigenvalue weighted by Gasteiger charge is 2.18. The number of nitrogens with zero attached hydrogens (tertiary/aromatic N) is 3. The molecule has 2 aromatic heterocycles. The Kier molecular flexibility index (Phi) is 4.87. The number of hydrogen-bond acceptors (Lipinski definition) is 6. The van der Waals surface area contributed by atoms with Crippen LogP contribution in [0.3, 0.4) is 0 Å². The predicted octanol–water partition coefficient (Wildman–Crippen LogP) is 5.36. The van der Waals surface area contributed by atoms with Gasteiger partial charge in [-0.05, 0) is 42.5 Å². The quantitative estimate of drug-likeness (QED) is 0.346. The average Bonchev–Trinajstić information content (AvgIpc) is 3.13. The molecule has 1 N–H and O–H groups in total. The normalized spacial score (nSPS) is 10.8. The second kappa shape index (κ2) is 7.50. The Labute approximate surface area is 173 Å².